The molecule has 2 heterocycles. The van der Waals surface area contributed by atoms with Gasteiger partial charge in [-0.25, -0.2) is 4.98 Å². The van der Waals surface area contributed by atoms with Crippen LogP contribution in [-0.4, -0.2) is 29.0 Å². The second-order valence-electron chi connectivity index (χ2n) is 5.77. The lowest BCUT2D eigenvalue weighted by Crippen LogP contribution is -2.28. The number of nitrogens with zero attached hydrogens (tertiary/aromatic N) is 2. The highest BCUT2D eigenvalue weighted by Gasteiger charge is 2.29. The van der Waals surface area contributed by atoms with Crippen LogP contribution in [-0.2, 0) is 6.54 Å². The van der Waals surface area contributed by atoms with Crippen molar-refractivity contribution in [2.45, 2.75) is 19.5 Å². The lowest BCUT2D eigenvalue weighted by Gasteiger charge is -2.18. The van der Waals surface area contributed by atoms with Gasteiger partial charge in [0.15, 0.2) is 0 Å². The molecule has 1 saturated heterocycles. The van der Waals surface area contributed by atoms with Crippen molar-refractivity contribution in [1.82, 2.24) is 9.88 Å². The molecule has 1 aromatic carbocycles. The molecule has 2 aromatic rings. The molecule has 0 radical (unpaired) electrons. The monoisotopic (exact) mass is 301 g/mol. The van der Waals surface area contributed by atoms with Gasteiger partial charge < -0.3 is 5.32 Å². The van der Waals surface area contributed by atoms with Gasteiger partial charge in [0, 0.05) is 31.9 Å². The molecule has 0 aliphatic carbocycles. The van der Waals surface area contributed by atoms with Gasteiger partial charge in [-0.05, 0) is 23.6 Å². The van der Waals surface area contributed by atoms with Crippen molar-refractivity contribution < 1.29 is 0 Å². The summed E-state index contributed by atoms with van der Waals surface area (Å²) in [5.41, 5.74) is 1.37. The fraction of sp³-hybridized carbons (Fsp3) is 0.353. The summed E-state index contributed by atoms with van der Waals surface area (Å²) in [5.74, 6) is 1.50. The van der Waals surface area contributed by atoms with Gasteiger partial charge in [0.05, 0.1) is 5.02 Å². The average molecular weight is 302 g/mol. The van der Waals surface area contributed by atoms with Crippen LogP contribution in [0.25, 0.3) is 0 Å². The zero-order valence-electron chi connectivity index (χ0n) is 12.2. The van der Waals surface area contributed by atoms with E-state index in [0.29, 0.717) is 17.0 Å². The van der Waals surface area contributed by atoms with Crippen molar-refractivity contribution in [3.63, 3.8) is 0 Å². The zero-order chi connectivity index (χ0) is 14.7. The Labute approximate surface area is 131 Å². The summed E-state index contributed by atoms with van der Waals surface area (Å²) in [5, 5.41) is 4.19. The van der Waals surface area contributed by atoms with E-state index in [1.807, 2.05) is 12.1 Å². The molecular weight excluding hydrogens is 282 g/mol. The molecular formula is C17H20ClN3. The molecule has 1 aliphatic rings. The number of benzene rings is 1. The molecule has 3 rings (SSSR count). The maximum Gasteiger partial charge on any atom is 0.126 e. The molecule has 0 spiro atoms. The van der Waals surface area contributed by atoms with Crippen molar-refractivity contribution in [3.8, 4) is 0 Å². The van der Waals surface area contributed by atoms with E-state index < -0.39 is 0 Å². The molecule has 1 aliphatic heterocycles. The van der Waals surface area contributed by atoms with E-state index in [4.69, 9.17) is 11.6 Å². The Kier molecular flexibility index (Phi) is 4.42. The Balaban J connectivity index is 1.59. The predicted octanol–water partition coefficient (Wildman–Crippen LogP) is 3.67. The van der Waals surface area contributed by atoms with Gasteiger partial charge in [-0.1, -0.05) is 48.9 Å². The molecule has 0 amide bonds. The second kappa shape index (κ2) is 6.46. The number of hydrogen-bond donors (Lipinski definition) is 1. The first-order chi connectivity index (χ1) is 10.2. The number of nitrogens with one attached hydrogen (secondary N) is 1. The minimum absolute atomic E-state index is 0.433. The summed E-state index contributed by atoms with van der Waals surface area (Å²) < 4.78 is 0. The van der Waals surface area contributed by atoms with E-state index >= 15 is 0 Å². The molecule has 0 bridgehead atoms. The maximum absolute atomic E-state index is 5.87. The summed E-state index contributed by atoms with van der Waals surface area (Å²) in [4.78, 5) is 6.82. The number of aromatic nitrogens is 1. The van der Waals surface area contributed by atoms with Gasteiger partial charge in [0.1, 0.15) is 5.82 Å². The summed E-state index contributed by atoms with van der Waals surface area (Å²) in [6.45, 7) is 5.45. The van der Waals surface area contributed by atoms with E-state index in [9.17, 15) is 0 Å². The number of pyridine rings is 1. The Bertz CT molecular complexity index is 570. The fourth-order valence-electron chi connectivity index (χ4n) is 2.88. The fourth-order valence-corrected chi connectivity index (χ4v) is 2.99. The van der Waals surface area contributed by atoms with Crippen molar-refractivity contribution in [3.05, 3.63) is 59.2 Å². The number of rotatable bonds is 4. The lowest BCUT2D eigenvalue weighted by molar-refractivity contribution is 0.319. The van der Waals surface area contributed by atoms with Gasteiger partial charge in [0.2, 0.25) is 0 Å². The predicted molar refractivity (Wildman–Crippen MR) is 87.5 cm³/mol. The first kappa shape index (κ1) is 14.4. The molecule has 4 heteroatoms. The average Bonchev–Trinajstić information content (AvgIpc) is 2.82. The summed E-state index contributed by atoms with van der Waals surface area (Å²) in [6, 6.07) is 14.9. The zero-order valence-corrected chi connectivity index (χ0v) is 12.9. The van der Waals surface area contributed by atoms with Crippen molar-refractivity contribution in [1.29, 1.82) is 0 Å². The highest BCUT2D eigenvalue weighted by molar-refractivity contribution is 6.30. The molecule has 1 aromatic heterocycles. The van der Waals surface area contributed by atoms with Crippen LogP contribution >= 0.6 is 11.6 Å². The molecule has 21 heavy (non-hydrogen) atoms. The van der Waals surface area contributed by atoms with Crippen LogP contribution in [0.3, 0.4) is 0 Å². The summed E-state index contributed by atoms with van der Waals surface area (Å²) in [7, 11) is 0. The lowest BCUT2D eigenvalue weighted by atomic mass is 10.1. The van der Waals surface area contributed by atoms with Gasteiger partial charge in [0.25, 0.3) is 0 Å². The quantitative estimate of drug-likeness (QED) is 0.934. The van der Waals surface area contributed by atoms with Gasteiger partial charge in [-0.3, -0.25) is 4.90 Å². The molecule has 1 N–H and O–H groups in total. The minimum atomic E-state index is 0.433. The van der Waals surface area contributed by atoms with Crippen LogP contribution in [0.1, 0.15) is 12.5 Å². The first-order valence-corrected chi connectivity index (χ1v) is 7.73. The van der Waals surface area contributed by atoms with Crippen LogP contribution in [0.5, 0.6) is 0 Å². The highest BCUT2D eigenvalue weighted by atomic mass is 35.5. The number of likely N-dealkylation sites (tertiary alicyclic amines) is 1. The topological polar surface area (TPSA) is 28.2 Å². The Morgan fingerprint density at radius 3 is 2.71 bits per heavy atom. The third-order valence-electron chi connectivity index (χ3n) is 4.00. The summed E-state index contributed by atoms with van der Waals surface area (Å²) >= 11 is 5.87. The molecule has 0 saturated carbocycles. The van der Waals surface area contributed by atoms with Gasteiger partial charge in [-0.15, -0.1) is 0 Å². The summed E-state index contributed by atoms with van der Waals surface area (Å²) in [6.07, 6.45) is 1.69. The normalized spacial score (nSPS) is 22.4. The minimum Gasteiger partial charge on any atom is -0.366 e. The van der Waals surface area contributed by atoms with Crippen molar-refractivity contribution >= 4 is 17.4 Å². The third kappa shape index (κ3) is 3.74. The van der Waals surface area contributed by atoms with Crippen LogP contribution in [0, 0.1) is 5.92 Å². The van der Waals surface area contributed by atoms with E-state index in [1.54, 1.807) is 6.20 Å². The molecule has 2 atom stereocenters. The van der Waals surface area contributed by atoms with E-state index in [-0.39, 0.29) is 0 Å². The smallest absolute Gasteiger partial charge is 0.126 e. The highest BCUT2D eigenvalue weighted by Crippen LogP contribution is 2.22. The Morgan fingerprint density at radius 2 is 2.00 bits per heavy atom. The maximum atomic E-state index is 5.87. The SMILES string of the molecule is CC1CN(Cc2ccccc2)CC1Nc1ccc(Cl)cn1. The van der Waals surface area contributed by atoms with Crippen molar-refractivity contribution in [2.24, 2.45) is 5.92 Å². The number of hydrogen-bond acceptors (Lipinski definition) is 3. The first-order valence-electron chi connectivity index (χ1n) is 7.35. The third-order valence-corrected chi connectivity index (χ3v) is 4.22. The molecule has 2 unspecified atom stereocenters. The number of anilines is 1. The van der Waals surface area contributed by atoms with Crippen LogP contribution in [0.15, 0.2) is 48.7 Å². The van der Waals surface area contributed by atoms with E-state index in [0.717, 1.165) is 25.5 Å². The second-order valence-corrected chi connectivity index (χ2v) is 6.21. The van der Waals surface area contributed by atoms with Crippen LogP contribution < -0.4 is 5.32 Å². The van der Waals surface area contributed by atoms with Crippen LogP contribution in [0.4, 0.5) is 5.82 Å². The van der Waals surface area contributed by atoms with Gasteiger partial charge >= 0.3 is 0 Å². The molecule has 1 fully saturated rings. The standard InChI is InChI=1S/C17H20ClN3/c1-13-10-21(11-14-5-3-2-4-6-14)12-16(13)20-17-8-7-15(18)9-19-17/h2-9,13,16H,10-12H2,1H3,(H,19,20). The number of halogens is 1. The van der Waals surface area contributed by atoms with E-state index in [1.165, 1.54) is 5.56 Å². The van der Waals surface area contributed by atoms with Gasteiger partial charge in [-0.2, -0.15) is 0 Å². The van der Waals surface area contributed by atoms with Crippen molar-refractivity contribution in [2.75, 3.05) is 18.4 Å². The Hall–Kier alpha value is -1.58. The van der Waals surface area contributed by atoms with Crippen LogP contribution in [0.2, 0.25) is 5.02 Å². The molecule has 3 nitrogen and oxygen atoms in total. The van der Waals surface area contributed by atoms with E-state index in [2.05, 4.69) is 52.5 Å². The molecule has 110 valence electrons. The largest absolute Gasteiger partial charge is 0.366 e. The Morgan fingerprint density at radius 1 is 1.19 bits per heavy atom.